The number of hydrogen-bond donors (Lipinski definition) is 5. The Balaban J connectivity index is 1.40. The van der Waals surface area contributed by atoms with Gasteiger partial charge in [-0.2, -0.15) is 0 Å². The van der Waals surface area contributed by atoms with Gasteiger partial charge in [0.1, 0.15) is 18.5 Å². The number of aliphatic hydroxyl groups excluding tert-OH is 2. The lowest BCUT2D eigenvalue weighted by Crippen LogP contribution is -2.29. The molecule has 3 aromatic rings. The molecule has 0 radical (unpaired) electrons. The van der Waals surface area contributed by atoms with Crippen LogP contribution in [0.2, 0.25) is 0 Å². The monoisotopic (exact) mass is 443 g/mol. The first-order valence-electron chi connectivity index (χ1n) is 11.0. The van der Waals surface area contributed by atoms with Gasteiger partial charge in [0.05, 0.1) is 6.61 Å². The van der Waals surface area contributed by atoms with Crippen LogP contribution in [0.5, 0.6) is 0 Å². The molecule has 1 fully saturated rings. The molecule has 1 unspecified atom stereocenters. The average molecular weight is 444 g/mol. The molecular formula is C26H29N5O2. The van der Waals surface area contributed by atoms with E-state index in [0.29, 0.717) is 17.7 Å². The SMILES string of the molecule is NN/C=C(\N)C1CC(c2ccc(-c3ccc(C#CC(CO)n4ccnc4CO)cc3)cc2)C1. The number of hydrazine groups is 1. The fourth-order valence-electron chi connectivity index (χ4n) is 4.19. The normalized spacial score (nSPS) is 18.7. The van der Waals surface area contributed by atoms with Crippen LogP contribution in [0.15, 0.2) is 72.8 Å². The van der Waals surface area contributed by atoms with E-state index in [-0.39, 0.29) is 13.2 Å². The molecule has 0 bridgehead atoms. The van der Waals surface area contributed by atoms with Gasteiger partial charge in [0.2, 0.25) is 0 Å². The van der Waals surface area contributed by atoms with Crippen molar-refractivity contribution in [3.63, 3.8) is 0 Å². The first-order chi connectivity index (χ1) is 16.1. The van der Waals surface area contributed by atoms with Crippen molar-refractivity contribution in [2.45, 2.75) is 31.4 Å². The van der Waals surface area contributed by atoms with E-state index in [0.717, 1.165) is 35.2 Å². The summed E-state index contributed by atoms with van der Waals surface area (Å²) in [5.41, 5.74) is 13.8. The molecule has 0 saturated heterocycles. The standard InChI is InChI=1S/C26H29N5O2/c27-25(15-30-28)23-13-22(14-23)21-8-6-20(7-9-21)19-4-1-18(2-5-19)3-10-24(16-32)31-12-11-29-26(31)17-33/h1-2,4-9,11-12,15,22-24,30,32-33H,13-14,16-17,27-28H2/b25-15-. The van der Waals surface area contributed by atoms with Crippen molar-refractivity contribution >= 4 is 0 Å². The maximum atomic E-state index is 9.69. The number of aromatic nitrogens is 2. The number of rotatable bonds is 7. The minimum Gasteiger partial charge on any atom is -0.401 e. The molecule has 1 saturated carbocycles. The molecule has 2 aromatic carbocycles. The van der Waals surface area contributed by atoms with Crippen molar-refractivity contribution in [1.82, 2.24) is 15.0 Å². The van der Waals surface area contributed by atoms with Crippen LogP contribution in [-0.2, 0) is 6.61 Å². The van der Waals surface area contributed by atoms with E-state index in [9.17, 15) is 10.2 Å². The lowest BCUT2D eigenvalue weighted by molar-refractivity contribution is 0.235. The Morgan fingerprint density at radius 3 is 2.39 bits per heavy atom. The third kappa shape index (κ3) is 5.10. The molecular weight excluding hydrogens is 414 g/mol. The second-order valence-electron chi connectivity index (χ2n) is 8.25. The minimum absolute atomic E-state index is 0.157. The molecule has 1 aromatic heterocycles. The molecule has 0 aliphatic heterocycles. The maximum absolute atomic E-state index is 9.69. The molecule has 33 heavy (non-hydrogen) atoms. The van der Waals surface area contributed by atoms with Crippen molar-refractivity contribution < 1.29 is 10.2 Å². The van der Waals surface area contributed by atoms with Crippen molar-refractivity contribution in [2.75, 3.05) is 6.61 Å². The minimum atomic E-state index is -0.453. The third-order valence-corrected chi connectivity index (χ3v) is 6.24. The second kappa shape index (κ2) is 10.4. The van der Waals surface area contributed by atoms with Gasteiger partial charge in [0.25, 0.3) is 0 Å². The van der Waals surface area contributed by atoms with Gasteiger partial charge in [-0.15, -0.1) is 0 Å². The summed E-state index contributed by atoms with van der Waals surface area (Å²) in [6.45, 7) is -0.355. The number of benzene rings is 2. The summed E-state index contributed by atoms with van der Waals surface area (Å²) in [6.07, 6.45) is 7.06. The van der Waals surface area contributed by atoms with Crippen LogP contribution in [0.3, 0.4) is 0 Å². The van der Waals surface area contributed by atoms with Crippen molar-refractivity contribution in [1.29, 1.82) is 0 Å². The van der Waals surface area contributed by atoms with E-state index >= 15 is 0 Å². The van der Waals surface area contributed by atoms with E-state index in [1.807, 2.05) is 24.3 Å². The molecule has 7 nitrogen and oxygen atoms in total. The van der Waals surface area contributed by atoms with Crippen LogP contribution < -0.4 is 17.0 Å². The van der Waals surface area contributed by atoms with Gasteiger partial charge < -0.3 is 25.9 Å². The number of nitrogens with two attached hydrogens (primary N) is 2. The van der Waals surface area contributed by atoms with Gasteiger partial charge in [-0.05, 0) is 47.6 Å². The molecule has 1 atom stereocenters. The predicted octanol–water partition coefficient (Wildman–Crippen LogP) is 2.38. The maximum Gasteiger partial charge on any atom is 0.135 e. The van der Waals surface area contributed by atoms with E-state index in [1.165, 1.54) is 5.56 Å². The molecule has 0 spiro atoms. The summed E-state index contributed by atoms with van der Waals surface area (Å²) in [5.74, 6) is 12.9. The highest BCUT2D eigenvalue weighted by Gasteiger charge is 2.31. The predicted molar refractivity (Wildman–Crippen MR) is 128 cm³/mol. The summed E-state index contributed by atoms with van der Waals surface area (Å²) in [6, 6.07) is 16.3. The summed E-state index contributed by atoms with van der Waals surface area (Å²) in [5, 5.41) is 19.1. The number of aliphatic hydroxyl groups is 2. The second-order valence-corrected chi connectivity index (χ2v) is 8.25. The lowest BCUT2D eigenvalue weighted by atomic mass is 9.70. The van der Waals surface area contributed by atoms with Crippen LogP contribution in [-0.4, -0.2) is 26.4 Å². The quantitative estimate of drug-likeness (QED) is 0.217. The number of nitrogens with zero attached hydrogens (tertiary/aromatic N) is 2. The van der Waals surface area contributed by atoms with Gasteiger partial charge in [0, 0.05) is 35.8 Å². The number of allylic oxidation sites excluding steroid dienone is 1. The smallest absolute Gasteiger partial charge is 0.135 e. The molecule has 1 aliphatic rings. The van der Waals surface area contributed by atoms with Crippen LogP contribution in [0.25, 0.3) is 11.1 Å². The largest absolute Gasteiger partial charge is 0.401 e. The Labute approximate surface area is 193 Å². The Hall–Kier alpha value is -3.57. The third-order valence-electron chi connectivity index (χ3n) is 6.24. The number of imidazole rings is 1. The van der Waals surface area contributed by atoms with Gasteiger partial charge in [-0.25, -0.2) is 4.98 Å². The van der Waals surface area contributed by atoms with Crippen LogP contribution >= 0.6 is 0 Å². The molecule has 170 valence electrons. The van der Waals surface area contributed by atoms with Crippen LogP contribution in [0.1, 0.15) is 41.8 Å². The topological polar surface area (TPSA) is 122 Å². The van der Waals surface area contributed by atoms with Gasteiger partial charge >= 0.3 is 0 Å². The Kier molecular flexibility index (Phi) is 7.10. The molecule has 0 amide bonds. The zero-order chi connectivity index (χ0) is 23.2. The Morgan fingerprint density at radius 2 is 1.79 bits per heavy atom. The van der Waals surface area contributed by atoms with E-state index in [1.54, 1.807) is 23.2 Å². The molecule has 1 aliphatic carbocycles. The van der Waals surface area contributed by atoms with E-state index in [2.05, 4.69) is 46.5 Å². The van der Waals surface area contributed by atoms with Crippen molar-refractivity contribution in [3.8, 4) is 23.0 Å². The highest BCUT2D eigenvalue weighted by molar-refractivity contribution is 5.64. The highest BCUT2D eigenvalue weighted by Crippen LogP contribution is 2.44. The number of nitrogens with one attached hydrogen (secondary N) is 1. The van der Waals surface area contributed by atoms with E-state index in [4.69, 9.17) is 11.6 Å². The highest BCUT2D eigenvalue weighted by atomic mass is 16.3. The van der Waals surface area contributed by atoms with Crippen molar-refractivity contribution in [2.24, 2.45) is 17.5 Å². The summed E-state index contributed by atoms with van der Waals surface area (Å²) in [4.78, 5) is 4.07. The van der Waals surface area contributed by atoms with Crippen LogP contribution in [0.4, 0.5) is 0 Å². The Morgan fingerprint density at radius 1 is 1.12 bits per heavy atom. The van der Waals surface area contributed by atoms with Gasteiger partial charge in [-0.1, -0.05) is 48.2 Å². The molecule has 1 heterocycles. The van der Waals surface area contributed by atoms with Gasteiger partial charge in [-0.3, -0.25) is 5.84 Å². The number of hydrogen-bond acceptors (Lipinski definition) is 6. The Bertz CT molecular complexity index is 1150. The first kappa shape index (κ1) is 22.6. The summed E-state index contributed by atoms with van der Waals surface area (Å²) >= 11 is 0. The van der Waals surface area contributed by atoms with Gasteiger partial charge in [0.15, 0.2) is 0 Å². The van der Waals surface area contributed by atoms with Crippen LogP contribution in [0, 0.1) is 17.8 Å². The van der Waals surface area contributed by atoms with E-state index < -0.39 is 6.04 Å². The zero-order valence-electron chi connectivity index (χ0n) is 18.4. The van der Waals surface area contributed by atoms with Crippen molar-refractivity contribution in [3.05, 3.63) is 89.8 Å². The fraction of sp³-hybridized carbons (Fsp3) is 0.269. The lowest BCUT2D eigenvalue weighted by Gasteiger charge is -2.36. The zero-order valence-corrected chi connectivity index (χ0v) is 18.4. The fourth-order valence-corrected chi connectivity index (χ4v) is 4.19. The first-order valence-corrected chi connectivity index (χ1v) is 11.0. The summed E-state index contributed by atoms with van der Waals surface area (Å²) < 4.78 is 1.69. The summed E-state index contributed by atoms with van der Waals surface area (Å²) in [7, 11) is 0. The molecule has 4 rings (SSSR count). The molecule has 7 N–H and O–H groups in total. The molecule has 7 heteroatoms. The average Bonchev–Trinajstić information content (AvgIpc) is 3.28.